The van der Waals surface area contributed by atoms with Crippen molar-refractivity contribution in [1.29, 1.82) is 0 Å². The molecule has 0 aromatic rings. The molecule has 2 aliphatic rings. The summed E-state index contributed by atoms with van der Waals surface area (Å²) in [7, 11) is 0. The third kappa shape index (κ3) is 2.32. The predicted octanol–water partition coefficient (Wildman–Crippen LogP) is 1.82. The molecule has 0 saturated carbocycles. The van der Waals surface area contributed by atoms with Gasteiger partial charge in [-0.1, -0.05) is 0 Å². The Morgan fingerprint density at radius 1 is 1.00 bits per heavy atom. The van der Waals surface area contributed by atoms with E-state index in [2.05, 4.69) is 27.7 Å². The van der Waals surface area contributed by atoms with Crippen molar-refractivity contribution in [3.05, 3.63) is 0 Å². The van der Waals surface area contributed by atoms with Crippen molar-refractivity contribution in [2.75, 3.05) is 0 Å². The highest BCUT2D eigenvalue weighted by Crippen LogP contribution is 2.49. The Morgan fingerprint density at radius 2 is 1.50 bits per heavy atom. The van der Waals surface area contributed by atoms with Crippen LogP contribution >= 0.6 is 0 Å². The highest BCUT2D eigenvalue weighted by molar-refractivity contribution is 5.12. The molecule has 0 aromatic heterocycles. The van der Waals surface area contributed by atoms with Gasteiger partial charge in [-0.25, -0.2) is 0 Å². The van der Waals surface area contributed by atoms with Crippen LogP contribution in [0.4, 0.5) is 0 Å². The van der Waals surface area contributed by atoms with E-state index < -0.39 is 16.8 Å². The monoisotopic (exact) mass is 314 g/mol. The van der Waals surface area contributed by atoms with Crippen LogP contribution in [0, 0.1) is 0 Å². The van der Waals surface area contributed by atoms with Crippen molar-refractivity contribution < 1.29 is 10.0 Å². The van der Waals surface area contributed by atoms with E-state index in [9.17, 15) is 5.21 Å². The van der Waals surface area contributed by atoms with E-state index in [0.717, 1.165) is 6.42 Å². The lowest BCUT2D eigenvalue weighted by molar-refractivity contribution is -0.332. The van der Waals surface area contributed by atoms with Gasteiger partial charge in [-0.05, 0) is 61.8 Å². The number of hydrogen-bond acceptors (Lipinski definition) is 6. The number of nitrogens with zero attached hydrogens (tertiary/aromatic N) is 2. The molecule has 6 nitrogen and oxygen atoms in total. The van der Waals surface area contributed by atoms with E-state index in [1.807, 2.05) is 32.8 Å². The van der Waals surface area contributed by atoms with Gasteiger partial charge < -0.3 is 16.7 Å². The smallest absolute Gasteiger partial charge is 0.160 e. The van der Waals surface area contributed by atoms with E-state index in [4.69, 9.17) is 16.3 Å². The molecular formula is C16H34N4O2. The topological polar surface area (TPSA) is 88.0 Å². The average Bonchev–Trinajstić information content (AvgIpc) is 2.53. The lowest BCUT2D eigenvalue weighted by Gasteiger charge is -2.48. The molecule has 5 N–H and O–H groups in total. The Bertz CT molecular complexity index is 461. The quantitative estimate of drug-likeness (QED) is 0.674. The maximum Gasteiger partial charge on any atom is 0.160 e. The summed E-state index contributed by atoms with van der Waals surface area (Å²) in [6.07, 6.45) is 1.37. The fourth-order valence-electron chi connectivity index (χ4n) is 4.22. The molecule has 2 aliphatic heterocycles. The van der Waals surface area contributed by atoms with E-state index in [1.165, 1.54) is 5.06 Å². The van der Waals surface area contributed by atoms with E-state index in [-0.39, 0.29) is 17.1 Å². The van der Waals surface area contributed by atoms with Crippen molar-refractivity contribution in [3.8, 4) is 0 Å². The van der Waals surface area contributed by atoms with Crippen LogP contribution in [0.3, 0.4) is 0 Å². The molecule has 22 heavy (non-hydrogen) atoms. The van der Waals surface area contributed by atoms with Crippen LogP contribution in [-0.4, -0.2) is 49.3 Å². The highest BCUT2D eigenvalue weighted by Gasteiger charge is 2.64. The first-order chi connectivity index (χ1) is 9.58. The number of nitrogens with two attached hydrogens (primary N) is 2. The third-order valence-corrected chi connectivity index (χ3v) is 5.79. The molecular weight excluding hydrogens is 280 g/mol. The van der Waals surface area contributed by atoms with E-state index in [1.54, 1.807) is 0 Å². The molecule has 2 heterocycles. The minimum atomic E-state index is -0.996. The molecule has 0 spiro atoms. The summed E-state index contributed by atoms with van der Waals surface area (Å²) in [5.74, 6) is 0. The first kappa shape index (κ1) is 18.1. The second-order valence-electron chi connectivity index (χ2n) is 9.41. The van der Waals surface area contributed by atoms with Crippen molar-refractivity contribution in [2.24, 2.45) is 11.5 Å². The van der Waals surface area contributed by atoms with Gasteiger partial charge in [-0.3, -0.25) is 4.84 Å². The number of hydroxylamine groups is 4. The van der Waals surface area contributed by atoms with Crippen LogP contribution in [0.5, 0.6) is 0 Å². The van der Waals surface area contributed by atoms with Crippen LogP contribution in [0.1, 0.15) is 68.2 Å². The molecule has 6 heteroatoms. The van der Waals surface area contributed by atoms with Crippen molar-refractivity contribution in [1.82, 2.24) is 10.1 Å². The van der Waals surface area contributed by atoms with Crippen LogP contribution < -0.4 is 11.5 Å². The Hall–Kier alpha value is -0.240. The summed E-state index contributed by atoms with van der Waals surface area (Å²) >= 11 is 0. The summed E-state index contributed by atoms with van der Waals surface area (Å²) in [6.45, 7) is 16.2. The van der Waals surface area contributed by atoms with Gasteiger partial charge in [0.1, 0.15) is 0 Å². The standard InChI is InChI=1S/C16H34N4O2/c1-12(2)9-11(17)14(5,6)20(12)22-16(18)10-13(3,4)19(21)15(16,7)8/h11,21H,9-10,17-18H2,1-8H3. The van der Waals surface area contributed by atoms with Gasteiger partial charge in [0, 0.05) is 23.5 Å². The molecule has 2 rings (SSSR count). The maximum absolute atomic E-state index is 10.5. The number of rotatable bonds is 2. The first-order valence-corrected chi connectivity index (χ1v) is 8.11. The summed E-state index contributed by atoms with van der Waals surface area (Å²) in [4.78, 5) is 6.41. The molecule has 2 atom stereocenters. The normalized spacial score (nSPS) is 40.2. The molecule has 2 fully saturated rings. The van der Waals surface area contributed by atoms with E-state index >= 15 is 0 Å². The second kappa shape index (κ2) is 4.65. The summed E-state index contributed by atoms with van der Waals surface area (Å²) in [5.41, 5.74) is 10.3. The summed E-state index contributed by atoms with van der Waals surface area (Å²) in [5, 5.41) is 13.8. The van der Waals surface area contributed by atoms with Crippen LogP contribution in [0.15, 0.2) is 0 Å². The Morgan fingerprint density at radius 3 is 1.82 bits per heavy atom. The fraction of sp³-hybridized carbons (Fsp3) is 1.00. The average molecular weight is 314 g/mol. The van der Waals surface area contributed by atoms with Crippen LogP contribution in [-0.2, 0) is 4.84 Å². The van der Waals surface area contributed by atoms with Crippen LogP contribution in [0.25, 0.3) is 0 Å². The van der Waals surface area contributed by atoms with Gasteiger partial charge in [0.25, 0.3) is 0 Å². The second-order valence-corrected chi connectivity index (χ2v) is 9.41. The molecule has 0 aliphatic carbocycles. The first-order valence-electron chi connectivity index (χ1n) is 8.11. The minimum absolute atomic E-state index is 0.00820. The maximum atomic E-state index is 10.5. The molecule has 2 saturated heterocycles. The lowest BCUT2D eigenvalue weighted by atomic mass is 9.90. The fourth-order valence-corrected chi connectivity index (χ4v) is 4.22. The van der Waals surface area contributed by atoms with Crippen LogP contribution in [0.2, 0.25) is 0 Å². The van der Waals surface area contributed by atoms with Gasteiger partial charge in [0.15, 0.2) is 5.72 Å². The molecule has 0 bridgehead atoms. The molecule has 0 amide bonds. The van der Waals surface area contributed by atoms with Gasteiger partial charge in [0.05, 0.1) is 11.1 Å². The Balaban J connectivity index is 2.37. The van der Waals surface area contributed by atoms with Crippen molar-refractivity contribution in [2.45, 2.75) is 102 Å². The zero-order chi connectivity index (χ0) is 17.4. The largest absolute Gasteiger partial charge is 0.326 e. The van der Waals surface area contributed by atoms with Gasteiger partial charge >= 0.3 is 0 Å². The van der Waals surface area contributed by atoms with Crippen molar-refractivity contribution >= 4 is 0 Å². The molecule has 0 aromatic carbocycles. The van der Waals surface area contributed by atoms with Gasteiger partial charge in [0.2, 0.25) is 0 Å². The van der Waals surface area contributed by atoms with Gasteiger partial charge in [-0.15, -0.1) is 0 Å². The highest BCUT2D eigenvalue weighted by atomic mass is 16.7. The Kier molecular flexibility index (Phi) is 3.82. The minimum Gasteiger partial charge on any atom is -0.326 e. The summed E-state index contributed by atoms with van der Waals surface area (Å²) in [6, 6.07) is 0.00820. The van der Waals surface area contributed by atoms with Crippen molar-refractivity contribution in [3.63, 3.8) is 0 Å². The third-order valence-electron chi connectivity index (χ3n) is 5.79. The molecule has 0 radical (unpaired) electrons. The SMILES string of the molecule is CC1(C)CC(N)C(C)(C)N1OC1(N)CC(C)(C)N(O)C1(C)C. The zero-order valence-corrected chi connectivity index (χ0v) is 15.4. The van der Waals surface area contributed by atoms with Gasteiger partial charge in [-0.2, -0.15) is 10.1 Å². The number of hydrogen-bond donors (Lipinski definition) is 3. The lowest BCUT2D eigenvalue weighted by Crippen LogP contribution is -2.66. The summed E-state index contributed by atoms with van der Waals surface area (Å²) < 4.78 is 0. The Labute approximate surface area is 134 Å². The predicted molar refractivity (Wildman–Crippen MR) is 87.0 cm³/mol. The molecule has 130 valence electrons. The van der Waals surface area contributed by atoms with E-state index in [0.29, 0.717) is 6.42 Å². The molecule has 2 unspecified atom stereocenters. The zero-order valence-electron chi connectivity index (χ0n) is 15.4.